The van der Waals surface area contributed by atoms with Gasteiger partial charge in [0.2, 0.25) is 0 Å². The van der Waals surface area contributed by atoms with Crippen molar-refractivity contribution >= 4 is 5.96 Å². The first-order valence-electron chi connectivity index (χ1n) is 11.4. The lowest BCUT2D eigenvalue weighted by molar-refractivity contribution is 0.198. The van der Waals surface area contributed by atoms with Crippen molar-refractivity contribution in [3.05, 3.63) is 35.4 Å². The van der Waals surface area contributed by atoms with Crippen LogP contribution in [0, 0.1) is 18.8 Å². The number of aliphatic hydroxyl groups excluding tert-OH is 1. The lowest BCUT2D eigenvalue weighted by Gasteiger charge is -2.33. The Morgan fingerprint density at radius 2 is 1.97 bits per heavy atom. The van der Waals surface area contributed by atoms with Gasteiger partial charge in [0, 0.05) is 45.4 Å². The van der Waals surface area contributed by atoms with Crippen LogP contribution in [0.25, 0.3) is 0 Å². The van der Waals surface area contributed by atoms with Gasteiger partial charge in [-0.25, -0.2) is 0 Å². The second kappa shape index (κ2) is 12.9. The monoisotopic (exact) mass is 402 g/mol. The van der Waals surface area contributed by atoms with E-state index in [0.29, 0.717) is 17.9 Å². The van der Waals surface area contributed by atoms with E-state index in [1.807, 2.05) is 0 Å². The summed E-state index contributed by atoms with van der Waals surface area (Å²) in [6.07, 6.45) is 4.23. The number of nitrogens with zero attached hydrogens (tertiary/aromatic N) is 2. The standard InChI is InChI=1S/C24H42N4O/c1-5-25-24(26-17-21(12-15-29)16-19(2)3)27-23-10-13-28(14-11-23)18-22-9-7-6-8-20(22)4/h6-9,19,21,23,29H,5,10-18H2,1-4H3,(H2,25,26,27). The van der Waals surface area contributed by atoms with Gasteiger partial charge in [0.05, 0.1) is 0 Å². The summed E-state index contributed by atoms with van der Waals surface area (Å²) in [6, 6.07) is 9.17. The first-order valence-corrected chi connectivity index (χ1v) is 11.4. The van der Waals surface area contributed by atoms with Gasteiger partial charge in [-0.1, -0.05) is 38.1 Å². The van der Waals surface area contributed by atoms with Gasteiger partial charge in [-0.15, -0.1) is 0 Å². The van der Waals surface area contributed by atoms with Crippen molar-refractivity contribution in [3.8, 4) is 0 Å². The number of nitrogens with one attached hydrogen (secondary N) is 2. The van der Waals surface area contributed by atoms with Crippen molar-refractivity contribution in [1.82, 2.24) is 15.5 Å². The summed E-state index contributed by atoms with van der Waals surface area (Å²) in [4.78, 5) is 7.41. The zero-order valence-corrected chi connectivity index (χ0v) is 19.0. The van der Waals surface area contributed by atoms with E-state index in [0.717, 1.165) is 64.4 Å². The smallest absolute Gasteiger partial charge is 0.191 e. The number of aryl methyl sites for hydroxylation is 1. The fourth-order valence-corrected chi connectivity index (χ4v) is 4.13. The quantitative estimate of drug-likeness (QED) is 0.414. The van der Waals surface area contributed by atoms with E-state index in [2.05, 4.69) is 67.5 Å². The van der Waals surface area contributed by atoms with Crippen molar-refractivity contribution in [1.29, 1.82) is 0 Å². The van der Waals surface area contributed by atoms with Crippen LogP contribution in [-0.2, 0) is 6.54 Å². The molecule has 29 heavy (non-hydrogen) atoms. The molecule has 5 heteroatoms. The molecule has 1 saturated heterocycles. The molecule has 1 aromatic carbocycles. The number of aliphatic imine (C=N–C) groups is 1. The molecule has 0 aliphatic carbocycles. The summed E-state index contributed by atoms with van der Waals surface area (Å²) < 4.78 is 0. The van der Waals surface area contributed by atoms with Crippen LogP contribution in [0.3, 0.4) is 0 Å². The molecule has 0 bridgehead atoms. The maximum atomic E-state index is 9.34. The highest BCUT2D eigenvalue weighted by molar-refractivity contribution is 5.80. The van der Waals surface area contributed by atoms with E-state index in [1.165, 1.54) is 11.1 Å². The fourth-order valence-electron chi connectivity index (χ4n) is 4.13. The average molecular weight is 403 g/mol. The molecule has 0 saturated carbocycles. The Bertz CT molecular complexity index is 609. The average Bonchev–Trinajstić information content (AvgIpc) is 2.69. The Morgan fingerprint density at radius 1 is 1.24 bits per heavy atom. The number of benzene rings is 1. The summed E-state index contributed by atoms with van der Waals surface area (Å²) in [7, 11) is 0. The minimum atomic E-state index is 0.246. The Morgan fingerprint density at radius 3 is 2.59 bits per heavy atom. The van der Waals surface area contributed by atoms with E-state index in [9.17, 15) is 5.11 Å². The first-order chi connectivity index (χ1) is 14.0. The number of rotatable bonds is 10. The molecule has 1 aliphatic heterocycles. The highest BCUT2D eigenvalue weighted by Crippen LogP contribution is 2.17. The van der Waals surface area contributed by atoms with Gasteiger partial charge in [-0.2, -0.15) is 0 Å². The van der Waals surface area contributed by atoms with E-state index in [4.69, 9.17) is 4.99 Å². The summed E-state index contributed by atoms with van der Waals surface area (Å²) >= 11 is 0. The van der Waals surface area contributed by atoms with Gasteiger partial charge >= 0.3 is 0 Å². The molecule has 164 valence electrons. The molecule has 0 spiro atoms. The van der Waals surface area contributed by atoms with Crippen LogP contribution in [0.1, 0.15) is 57.6 Å². The molecule has 3 N–H and O–H groups in total. The van der Waals surface area contributed by atoms with Crippen LogP contribution in [0.4, 0.5) is 0 Å². The highest BCUT2D eigenvalue weighted by Gasteiger charge is 2.20. The topological polar surface area (TPSA) is 59.9 Å². The maximum absolute atomic E-state index is 9.34. The first kappa shape index (κ1) is 23.7. The van der Waals surface area contributed by atoms with Crippen LogP contribution in [0.5, 0.6) is 0 Å². The van der Waals surface area contributed by atoms with Gasteiger partial charge in [0.15, 0.2) is 5.96 Å². The summed E-state index contributed by atoms with van der Waals surface area (Å²) in [6.45, 7) is 14.0. The predicted octanol–water partition coefficient (Wildman–Crippen LogP) is 3.56. The van der Waals surface area contributed by atoms with Gasteiger partial charge < -0.3 is 15.7 Å². The van der Waals surface area contributed by atoms with Crippen LogP contribution >= 0.6 is 0 Å². The normalized spacial score (nSPS) is 17.5. The molecule has 1 atom stereocenters. The number of hydrogen-bond donors (Lipinski definition) is 3. The highest BCUT2D eigenvalue weighted by atomic mass is 16.3. The molecule has 0 aromatic heterocycles. The number of guanidine groups is 1. The molecule has 1 fully saturated rings. The predicted molar refractivity (Wildman–Crippen MR) is 123 cm³/mol. The Kier molecular flexibility index (Phi) is 10.5. The number of likely N-dealkylation sites (tertiary alicyclic amines) is 1. The molecule has 1 aliphatic rings. The van der Waals surface area contributed by atoms with E-state index < -0.39 is 0 Å². The zero-order valence-electron chi connectivity index (χ0n) is 19.0. The van der Waals surface area contributed by atoms with E-state index >= 15 is 0 Å². The number of hydrogen-bond acceptors (Lipinski definition) is 3. The van der Waals surface area contributed by atoms with Gasteiger partial charge in [-0.05, 0) is 62.5 Å². The van der Waals surface area contributed by atoms with E-state index in [1.54, 1.807) is 0 Å². The summed E-state index contributed by atoms with van der Waals surface area (Å²) in [5.74, 6) is 2.01. The third-order valence-electron chi connectivity index (χ3n) is 5.78. The zero-order chi connectivity index (χ0) is 21.1. The maximum Gasteiger partial charge on any atom is 0.191 e. The van der Waals surface area contributed by atoms with Gasteiger partial charge in [-0.3, -0.25) is 9.89 Å². The third kappa shape index (κ3) is 8.75. The number of piperidine rings is 1. The molecule has 1 aromatic rings. The Hall–Kier alpha value is -1.59. The third-order valence-corrected chi connectivity index (χ3v) is 5.78. The fraction of sp³-hybridized carbons (Fsp3) is 0.708. The largest absolute Gasteiger partial charge is 0.396 e. The van der Waals surface area contributed by atoms with Gasteiger partial charge in [0.25, 0.3) is 0 Å². The molecule has 0 amide bonds. The molecule has 1 heterocycles. The lowest BCUT2D eigenvalue weighted by atomic mass is 9.94. The molecule has 0 radical (unpaired) electrons. The van der Waals surface area contributed by atoms with Crippen LogP contribution < -0.4 is 10.6 Å². The molecular formula is C24H42N4O. The van der Waals surface area contributed by atoms with Crippen molar-refractivity contribution in [2.45, 2.75) is 66.0 Å². The van der Waals surface area contributed by atoms with Gasteiger partial charge in [0.1, 0.15) is 0 Å². The summed E-state index contributed by atoms with van der Waals surface area (Å²) in [5.41, 5.74) is 2.82. The summed E-state index contributed by atoms with van der Waals surface area (Å²) in [5, 5.41) is 16.4. The SMILES string of the molecule is CCNC(=NCC(CCO)CC(C)C)NC1CCN(Cc2ccccc2C)CC1. The van der Waals surface area contributed by atoms with Crippen molar-refractivity contribution in [2.75, 3.05) is 32.8 Å². The molecule has 2 rings (SSSR count). The van der Waals surface area contributed by atoms with Crippen LogP contribution in [-0.4, -0.2) is 54.8 Å². The minimum Gasteiger partial charge on any atom is -0.396 e. The molecule has 5 nitrogen and oxygen atoms in total. The number of aliphatic hydroxyl groups is 1. The van der Waals surface area contributed by atoms with Crippen molar-refractivity contribution in [3.63, 3.8) is 0 Å². The van der Waals surface area contributed by atoms with Crippen LogP contribution in [0.15, 0.2) is 29.3 Å². The van der Waals surface area contributed by atoms with Crippen molar-refractivity contribution < 1.29 is 5.11 Å². The Labute approximate surface area is 178 Å². The molecular weight excluding hydrogens is 360 g/mol. The van der Waals surface area contributed by atoms with E-state index in [-0.39, 0.29) is 6.61 Å². The minimum absolute atomic E-state index is 0.246. The lowest BCUT2D eigenvalue weighted by Crippen LogP contribution is -2.48. The second-order valence-electron chi connectivity index (χ2n) is 8.85. The molecule has 1 unspecified atom stereocenters. The van der Waals surface area contributed by atoms with Crippen LogP contribution in [0.2, 0.25) is 0 Å². The second-order valence-corrected chi connectivity index (χ2v) is 8.85. The Balaban J connectivity index is 1.84. The van der Waals surface area contributed by atoms with Crippen molar-refractivity contribution in [2.24, 2.45) is 16.8 Å².